The third-order valence-corrected chi connectivity index (χ3v) is 3.77. The van der Waals surface area contributed by atoms with Gasteiger partial charge in [0.2, 0.25) is 11.8 Å². The molecule has 0 unspecified atom stereocenters. The molecule has 1 aromatic heterocycles. The molecule has 0 spiro atoms. The monoisotopic (exact) mass is 281 g/mol. The lowest BCUT2D eigenvalue weighted by atomic mass is 9.72. The zero-order chi connectivity index (χ0) is 14.4. The first-order chi connectivity index (χ1) is 9.69. The molecular formula is C12H19N5O3. The van der Waals surface area contributed by atoms with E-state index in [1.807, 2.05) is 0 Å². The quantitative estimate of drug-likeness (QED) is 0.311. The molecule has 1 aliphatic carbocycles. The number of hydrogen-bond acceptors (Lipinski definition) is 6. The molecule has 8 nitrogen and oxygen atoms in total. The van der Waals surface area contributed by atoms with Crippen molar-refractivity contribution in [2.24, 2.45) is 16.3 Å². The van der Waals surface area contributed by atoms with Gasteiger partial charge in [-0.1, -0.05) is 29.6 Å². The van der Waals surface area contributed by atoms with E-state index in [4.69, 9.17) is 15.5 Å². The summed E-state index contributed by atoms with van der Waals surface area (Å²) >= 11 is 0. The van der Waals surface area contributed by atoms with Crippen LogP contribution in [0.5, 0.6) is 0 Å². The lowest BCUT2D eigenvalue weighted by molar-refractivity contribution is -0.129. The molecule has 1 heterocycles. The number of carbonyl (C=O) groups is 1. The molecule has 1 fully saturated rings. The van der Waals surface area contributed by atoms with Crippen molar-refractivity contribution in [2.45, 2.75) is 38.5 Å². The van der Waals surface area contributed by atoms with E-state index in [1.54, 1.807) is 0 Å². The van der Waals surface area contributed by atoms with Crippen LogP contribution >= 0.6 is 0 Å². The topological polar surface area (TPSA) is 127 Å². The molecule has 0 radical (unpaired) electrons. The third-order valence-electron chi connectivity index (χ3n) is 3.77. The molecule has 1 saturated carbocycles. The smallest absolute Gasteiger partial charge is 0.233 e. The molecule has 0 aliphatic heterocycles. The lowest BCUT2D eigenvalue weighted by Crippen LogP contribution is -2.51. The number of nitrogens with one attached hydrogen (secondary N) is 1. The normalized spacial score (nSPS) is 18.7. The molecule has 110 valence electrons. The first-order valence-electron chi connectivity index (χ1n) is 6.71. The first-order valence-corrected chi connectivity index (χ1v) is 6.71. The minimum absolute atomic E-state index is 0.00695. The summed E-state index contributed by atoms with van der Waals surface area (Å²) in [6.45, 7) is 0.376. The van der Waals surface area contributed by atoms with Gasteiger partial charge in [0.15, 0.2) is 12.2 Å². The molecule has 0 bridgehead atoms. The lowest BCUT2D eigenvalue weighted by Gasteiger charge is -2.34. The summed E-state index contributed by atoms with van der Waals surface area (Å²) in [7, 11) is 0. The Morgan fingerprint density at radius 1 is 1.50 bits per heavy atom. The number of carbonyl (C=O) groups excluding carboxylic acids is 1. The Labute approximate surface area is 116 Å². The number of amides is 1. The predicted octanol–water partition coefficient (Wildman–Crippen LogP) is 0.425. The Morgan fingerprint density at radius 3 is 2.85 bits per heavy atom. The predicted molar refractivity (Wildman–Crippen MR) is 69.9 cm³/mol. The molecule has 1 aliphatic rings. The molecule has 1 aromatic rings. The first kappa shape index (κ1) is 14.3. The Balaban J connectivity index is 1.96. The van der Waals surface area contributed by atoms with Crippen molar-refractivity contribution in [3.05, 3.63) is 12.2 Å². The van der Waals surface area contributed by atoms with E-state index >= 15 is 0 Å². The van der Waals surface area contributed by atoms with Gasteiger partial charge in [-0.25, -0.2) is 0 Å². The van der Waals surface area contributed by atoms with Crippen LogP contribution in [0, 0.1) is 5.41 Å². The molecule has 0 saturated heterocycles. The largest absolute Gasteiger partial charge is 0.409 e. The molecule has 8 heteroatoms. The number of aromatic nitrogens is 2. The van der Waals surface area contributed by atoms with Gasteiger partial charge < -0.3 is 20.8 Å². The fourth-order valence-corrected chi connectivity index (χ4v) is 2.61. The number of amidine groups is 1. The summed E-state index contributed by atoms with van der Waals surface area (Å²) in [4.78, 5) is 16.3. The van der Waals surface area contributed by atoms with E-state index in [1.165, 1.54) is 6.33 Å². The third kappa shape index (κ3) is 2.89. The summed E-state index contributed by atoms with van der Waals surface area (Å²) in [6, 6.07) is 0. The highest BCUT2D eigenvalue weighted by atomic mass is 16.5. The fraction of sp³-hybridized carbons (Fsp3) is 0.667. The molecular weight excluding hydrogens is 262 g/mol. The van der Waals surface area contributed by atoms with E-state index in [2.05, 4.69) is 20.6 Å². The summed E-state index contributed by atoms with van der Waals surface area (Å²) in [5.74, 6) is 0.256. The standard InChI is InChI=1S/C12H19N5O3/c13-10(17-19)12(5-2-1-3-6-12)11(18)14-7-4-9-15-8-16-20-9/h8,19H,1-7H2,(H2,13,17)(H,14,18). The van der Waals surface area contributed by atoms with Crippen molar-refractivity contribution in [3.63, 3.8) is 0 Å². The van der Waals surface area contributed by atoms with Crippen molar-refractivity contribution in [2.75, 3.05) is 6.54 Å². The highest BCUT2D eigenvalue weighted by Crippen LogP contribution is 2.36. The average molecular weight is 281 g/mol. The second-order valence-corrected chi connectivity index (χ2v) is 4.97. The number of oxime groups is 1. The minimum Gasteiger partial charge on any atom is -0.409 e. The van der Waals surface area contributed by atoms with E-state index in [0.29, 0.717) is 31.7 Å². The summed E-state index contributed by atoms with van der Waals surface area (Å²) in [6.07, 6.45) is 5.84. The van der Waals surface area contributed by atoms with Crippen LogP contribution in [0.15, 0.2) is 16.0 Å². The zero-order valence-corrected chi connectivity index (χ0v) is 11.2. The van der Waals surface area contributed by atoms with Crippen molar-refractivity contribution < 1.29 is 14.5 Å². The highest BCUT2D eigenvalue weighted by Gasteiger charge is 2.43. The minimum atomic E-state index is -0.887. The SMILES string of the molecule is NC(=NO)C1(C(=O)NCCc2ncno2)CCCCC1. The molecule has 4 N–H and O–H groups in total. The van der Waals surface area contributed by atoms with Crippen molar-refractivity contribution in [3.8, 4) is 0 Å². The number of nitrogens with zero attached hydrogens (tertiary/aromatic N) is 3. The van der Waals surface area contributed by atoms with E-state index in [0.717, 1.165) is 19.3 Å². The molecule has 1 amide bonds. The van der Waals surface area contributed by atoms with Gasteiger partial charge in [-0.15, -0.1) is 0 Å². The molecule has 20 heavy (non-hydrogen) atoms. The van der Waals surface area contributed by atoms with E-state index in [9.17, 15) is 4.79 Å². The maximum absolute atomic E-state index is 12.4. The van der Waals surface area contributed by atoms with Crippen LogP contribution in [-0.2, 0) is 11.2 Å². The van der Waals surface area contributed by atoms with Gasteiger partial charge in [-0.05, 0) is 12.8 Å². The number of rotatable bonds is 5. The van der Waals surface area contributed by atoms with Crippen LogP contribution in [0.1, 0.15) is 38.0 Å². The fourth-order valence-electron chi connectivity index (χ4n) is 2.61. The Kier molecular flexibility index (Phi) is 4.54. The Hall–Kier alpha value is -2.12. The van der Waals surface area contributed by atoms with Gasteiger partial charge in [0.05, 0.1) is 0 Å². The Bertz CT molecular complexity index is 465. The average Bonchev–Trinajstić information content (AvgIpc) is 3.00. The molecule has 0 aromatic carbocycles. The van der Waals surface area contributed by atoms with E-state index in [-0.39, 0.29) is 11.7 Å². The van der Waals surface area contributed by atoms with Crippen LogP contribution in [0.25, 0.3) is 0 Å². The number of nitrogens with two attached hydrogens (primary N) is 1. The van der Waals surface area contributed by atoms with Crippen LogP contribution < -0.4 is 11.1 Å². The maximum atomic E-state index is 12.4. The van der Waals surface area contributed by atoms with Crippen LogP contribution in [0.4, 0.5) is 0 Å². The van der Waals surface area contributed by atoms with Gasteiger partial charge in [-0.2, -0.15) is 4.98 Å². The van der Waals surface area contributed by atoms with Gasteiger partial charge in [0.25, 0.3) is 0 Å². The highest BCUT2D eigenvalue weighted by molar-refractivity contribution is 6.06. The van der Waals surface area contributed by atoms with Gasteiger partial charge in [-0.3, -0.25) is 4.79 Å². The number of hydrogen-bond donors (Lipinski definition) is 3. The van der Waals surface area contributed by atoms with Gasteiger partial charge in [0.1, 0.15) is 5.41 Å². The second-order valence-electron chi connectivity index (χ2n) is 4.97. The summed E-state index contributed by atoms with van der Waals surface area (Å²) < 4.78 is 4.85. The Morgan fingerprint density at radius 2 is 2.25 bits per heavy atom. The van der Waals surface area contributed by atoms with E-state index < -0.39 is 5.41 Å². The summed E-state index contributed by atoms with van der Waals surface area (Å²) in [5, 5.41) is 18.3. The second kappa shape index (κ2) is 6.36. The zero-order valence-electron chi connectivity index (χ0n) is 11.2. The van der Waals surface area contributed by atoms with Crippen molar-refractivity contribution >= 4 is 11.7 Å². The van der Waals surface area contributed by atoms with Crippen molar-refractivity contribution in [1.82, 2.24) is 15.5 Å². The van der Waals surface area contributed by atoms with Gasteiger partial charge >= 0.3 is 0 Å². The van der Waals surface area contributed by atoms with Crippen LogP contribution in [-0.4, -0.2) is 33.6 Å². The molecule has 2 rings (SSSR count). The maximum Gasteiger partial charge on any atom is 0.233 e. The van der Waals surface area contributed by atoms with Gasteiger partial charge in [0, 0.05) is 13.0 Å². The summed E-state index contributed by atoms with van der Waals surface area (Å²) in [5.41, 5.74) is 4.86. The van der Waals surface area contributed by atoms with Crippen LogP contribution in [0.3, 0.4) is 0 Å². The molecule has 0 atom stereocenters. The van der Waals surface area contributed by atoms with Crippen molar-refractivity contribution in [1.29, 1.82) is 0 Å². The van der Waals surface area contributed by atoms with Crippen LogP contribution in [0.2, 0.25) is 0 Å².